The first-order valence-corrected chi connectivity index (χ1v) is 8.79. The fraction of sp³-hybridized carbons (Fsp3) is 0.389. The molecule has 0 amide bonds. The predicted molar refractivity (Wildman–Crippen MR) is 98.6 cm³/mol. The molecule has 0 fully saturated rings. The van der Waals surface area contributed by atoms with Gasteiger partial charge in [0, 0.05) is 18.0 Å². The van der Waals surface area contributed by atoms with Gasteiger partial charge in [-0.15, -0.1) is 11.3 Å². The number of guanidine groups is 1. The van der Waals surface area contributed by atoms with Crippen LogP contribution in [0.25, 0.3) is 0 Å². The van der Waals surface area contributed by atoms with Gasteiger partial charge in [-0.2, -0.15) is 0 Å². The van der Waals surface area contributed by atoms with Crippen molar-refractivity contribution < 1.29 is 4.74 Å². The normalized spacial score (nSPS) is 11.3. The zero-order chi connectivity index (χ0) is 16.5. The van der Waals surface area contributed by atoms with Crippen molar-refractivity contribution in [1.82, 2.24) is 10.6 Å². The Morgan fingerprint density at radius 1 is 1.22 bits per heavy atom. The number of methoxy groups -OCH3 is 1. The van der Waals surface area contributed by atoms with Gasteiger partial charge in [-0.05, 0) is 48.9 Å². The molecule has 124 valence electrons. The van der Waals surface area contributed by atoms with Crippen molar-refractivity contribution in [3.8, 4) is 5.75 Å². The van der Waals surface area contributed by atoms with E-state index in [1.165, 1.54) is 16.0 Å². The van der Waals surface area contributed by atoms with E-state index in [0.717, 1.165) is 31.2 Å². The third-order valence-corrected chi connectivity index (χ3v) is 4.58. The van der Waals surface area contributed by atoms with Crippen LogP contribution < -0.4 is 15.4 Å². The van der Waals surface area contributed by atoms with Crippen LogP contribution in [0.5, 0.6) is 5.75 Å². The van der Waals surface area contributed by atoms with Gasteiger partial charge in [-0.3, -0.25) is 0 Å². The van der Waals surface area contributed by atoms with Gasteiger partial charge in [0.25, 0.3) is 0 Å². The lowest BCUT2D eigenvalue weighted by atomic mass is 10.1. The number of hydrogen-bond donors (Lipinski definition) is 2. The fourth-order valence-electron chi connectivity index (χ4n) is 2.28. The smallest absolute Gasteiger partial charge is 0.191 e. The Bertz CT molecular complexity index is 637. The van der Waals surface area contributed by atoms with Crippen molar-refractivity contribution in [1.29, 1.82) is 0 Å². The van der Waals surface area contributed by atoms with Gasteiger partial charge in [-0.1, -0.05) is 18.2 Å². The second-order valence-electron chi connectivity index (χ2n) is 5.21. The molecule has 2 N–H and O–H groups in total. The monoisotopic (exact) mass is 331 g/mol. The molecule has 0 spiro atoms. The average molecular weight is 331 g/mol. The van der Waals surface area contributed by atoms with Crippen molar-refractivity contribution >= 4 is 17.3 Å². The van der Waals surface area contributed by atoms with E-state index in [0.29, 0.717) is 6.54 Å². The van der Waals surface area contributed by atoms with Crippen LogP contribution in [0.3, 0.4) is 0 Å². The van der Waals surface area contributed by atoms with Crippen LogP contribution in [-0.4, -0.2) is 26.2 Å². The molecule has 0 atom stereocenters. The van der Waals surface area contributed by atoms with Crippen molar-refractivity contribution in [3.63, 3.8) is 0 Å². The molecule has 0 unspecified atom stereocenters. The quantitative estimate of drug-likeness (QED) is 0.604. The number of nitrogens with one attached hydrogen (secondary N) is 2. The van der Waals surface area contributed by atoms with E-state index in [2.05, 4.69) is 47.0 Å². The third-order valence-electron chi connectivity index (χ3n) is 3.57. The molecule has 2 aromatic rings. The fourth-order valence-corrected chi connectivity index (χ4v) is 3.11. The Morgan fingerprint density at radius 3 is 2.74 bits per heavy atom. The molecule has 0 saturated carbocycles. The predicted octanol–water partition coefficient (Wildman–Crippen LogP) is 3.36. The van der Waals surface area contributed by atoms with Crippen LogP contribution in [0.4, 0.5) is 0 Å². The van der Waals surface area contributed by atoms with Crippen molar-refractivity contribution in [2.24, 2.45) is 4.99 Å². The largest absolute Gasteiger partial charge is 0.496 e. The summed E-state index contributed by atoms with van der Waals surface area (Å²) in [5, 5.41) is 8.80. The lowest BCUT2D eigenvalue weighted by Gasteiger charge is -2.12. The van der Waals surface area contributed by atoms with Crippen LogP contribution in [-0.2, 0) is 13.0 Å². The van der Waals surface area contributed by atoms with Gasteiger partial charge in [0.1, 0.15) is 5.75 Å². The molecule has 23 heavy (non-hydrogen) atoms. The molecule has 0 aliphatic carbocycles. The van der Waals surface area contributed by atoms with E-state index >= 15 is 0 Å². The summed E-state index contributed by atoms with van der Waals surface area (Å²) in [6.07, 6.45) is 0.895. The highest BCUT2D eigenvalue weighted by Gasteiger charge is 2.03. The average Bonchev–Trinajstić information content (AvgIpc) is 2.98. The van der Waals surface area contributed by atoms with Gasteiger partial charge in [-0.25, -0.2) is 4.99 Å². The van der Waals surface area contributed by atoms with E-state index in [1.54, 1.807) is 18.4 Å². The second-order valence-corrected chi connectivity index (χ2v) is 6.21. The standard InChI is InChI=1S/C18H25N3OS/c1-4-19-18(21-13-17-14(2)10-12-23-17)20-11-9-15-7-5-6-8-16(15)22-3/h5-8,10,12H,4,9,11,13H2,1-3H3,(H2,19,20,21). The lowest BCUT2D eigenvalue weighted by Crippen LogP contribution is -2.38. The number of benzene rings is 1. The van der Waals surface area contributed by atoms with Crippen LogP contribution in [0.1, 0.15) is 22.9 Å². The highest BCUT2D eigenvalue weighted by molar-refractivity contribution is 7.10. The van der Waals surface area contributed by atoms with Gasteiger partial charge < -0.3 is 15.4 Å². The molecule has 1 aromatic carbocycles. The summed E-state index contributed by atoms with van der Waals surface area (Å²) < 4.78 is 5.39. The summed E-state index contributed by atoms with van der Waals surface area (Å²) >= 11 is 1.76. The first-order valence-electron chi connectivity index (χ1n) is 7.91. The van der Waals surface area contributed by atoms with E-state index in [1.807, 2.05) is 18.2 Å². The Hall–Kier alpha value is -2.01. The van der Waals surface area contributed by atoms with E-state index in [4.69, 9.17) is 4.74 Å². The molecule has 0 aliphatic heterocycles. The molecule has 0 saturated heterocycles. The second kappa shape index (κ2) is 9.20. The number of thiophene rings is 1. The van der Waals surface area contributed by atoms with Gasteiger partial charge >= 0.3 is 0 Å². The summed E-state index contributed by atoms with van der Waals surface area (Å²) in [6, 6.07) is 10.3. The highest BCUT2D eigenvalue weighted by Crippen LogP contribution is 2.17. The molecule has 1 heterocycles. The van der Waals surface area contributed by atoms with Crippen molar-refractivity contribution in [2.75, 3.05) is 20.2 Å². The molecule has 0 radical (unpaired) electrons. The summed E-state index contributed by atoms with van der Waals surface area (Å²) in [7, 11) is 1.71. The first-order chi connectivity index (χ1) is 11.2. The number of hydrogen-bond acceptors (Lipinski definition) is 3. The third kappa shape index (κ3) is 5.28. The van der Waals surface area contributed by atoms with Gasteiger partial charge in [0.15, 0.2) is 5.96 Å². The summed E-state index contributed by atoms with van der Waals surface area (Å²) in [4.78, 5) is 5.98. The lowest BCUT2D eigenvalue weighted by molar-refractivity contribution is 0.409. The molecule has 0 bridgehead atoms. The SMILES string of the molecule is CCNC(=NCc1sccc1C)NCCc1ccccc1OC. The number of nitrogens with zero attached hydrogens (tertiary/aromatic N) is 1. The van der Waals surface area contributed by atoms with Crippen LogP contribution >= 0.6 is 11.3 Å². The van der Waals surface area contributed by atoms with Crippen molar-refractivity contribution in [3.05, 3.63) is 51.7 Å². The maximum absolute atomic E-state index is 5.39. The topological polar surface area (TPSA) is 45.7 Å². The molecule has 1 aromatic heterocycles. The maximum Gasteiger partial charge on any atom is 0.191 e. The molecular weight excluding hydrogens is 306 g/mol. The first kappa shape index (κ1) is 17.3. The zero-order valence-electron chi connectivity index (χ0n) is 14.1. The molecular formula is C18H25N3OS. The van der Waals surface area contributed by atoms with Crippen LogP contribution in [0.15, 0.2) is 40.7 Å². The van der Waals surface area contributed by atoms with E-state index in [-0.39, 0.29) is 0 Å². The van der Waals surface area contributed by atoms with Gasteiger partial charge in [0.05, 0.1) is 13.7 Å². The minimum Gasteiger partial charge on any atom is -0.496 e. The number of aryl methyl sites for hydroxylation is 1. The minimum absolute atomic E-state index is 0.716. The molecule has 5 heteroatoms. The Balaban J connectivity index is 1.90. The Labute approximate surface area is 142 Å². The van der Waals surface area contributed by atoms with Crippen LogP contribution in [0.2, 0.25) is 0 Å². The molecule has 4 nitrogen and oxygen atoms in total. The zero-order valence-corrected chi connectivity index (χ0v) is 14.9. The highest BCUT2D eigenvalue weighted by atomic mass is 32.1. The Kier molecular flexibility index (Phi) is 6.94. The Morgan fingerprint density at radius 2 is 2.04 bits per heavy atom. The summed E-state index contributed by atoms with van der Waals surface area (Å²) in [5.41, 5.74) is 2.51. The summed E-state index contributed by atoms with van der Waals surface area (Å²) in [6.45, 7) is 6.59. The number of ether oxygens (including phenoxy) is 1. The van der Waals surface area contributed by atoms with E-state index in [9.17, 15) is 0 Å². The summed E-state index contributed by atoms with van der Waals surface area (Å²) in [5.74, 6) is 1.79. The number of para-hydroxylation sites is 1. The molecule has 0 aliphatic rings. The number of rotatable bonds is 7. The maximum atomic E-state index is 5.39. The van der Waals surface area contributed by atoms with Gasteiger partial charge in [0.2, 0.25) is 0 Å². The molecule has 2 rings (SSSR count). The van der Waals surface area contributed by atoms with Crippen molar-refractivity contribution in [2.45, 2.75) is 26.8 Å². The minimum atomic E-state index is 0.716. The number of aliphatic imine (C=N–C) groups is 1. The van der Waals surface area contributed by atoms with E-state index < -0.39 is 0 Å². The van der Waals surface area contributed by atoms with Crippen LogP contribution in [0, 0.1) is 6.92 Å².